The fourth-order valence-corrected chi connectivity index (χ4v) is 5.61. The van der Waals surface area contributed by atoms with Gasteiger partial charge in [-0.2, -0.15) is 0 Å². The third-order valence-corrected chi connectivity index (χ3v) is 7.11. The molecule has 2 aromatic heterocycles. The summed E-state index contributed by atoms with van der Waals surface area (Å²) in [5.41, 5.74) is 1.93. The summed E-state index contributed by atoms with van der Waals surface area (Å²) in [6.45, 7) is 1.74. The Labute approximate surface area is 166 Å². The minimum Gasteiger partial charge on any atom is -0.497 e. The smallest absolute Gasteiger partial charge is 0.267 e. The summed E-state index contributed by atoms with van der Waals surface area (Å²) in [6.07, 6.45) is 3.82. The van der Waals surface area contributed by atoms with Crippen LogP contribution < -0.4 is 10.3 Å². The third kappa shape index (κ3) is 3.51. The molecule has 0 radical (unpaired) electrons. The Bertz CT molecular complexity index is 1020. The molecule has 0 fully saturated rings. The molecule has 0 saturated carbocycles. The number of rotatable bonds is 5. The Hall–Kier alpha value is -1.83. The molecule has 1 aliphatic rings. The van der Waals surface area contributed by atoms with E-state index in [1.165, 1.54) is 28.6 Å². The highest BCUT2D eigenvalue weighted by molar-refractivity contribution is 7.99. The van der Waals surface area contributed by atoms with Gasteiger partial charge >= 0.3 is 0 Å². The fraction of sp³-hybridized carbons (Fsp3) is 0.400. The number of aromatic nitrogens is 2. The molecule has 0 spiro atoms. The molecule has 0 saturated heterocycles. The molecule has 2 heterocycles. The lowest BCUT2D eigenvalue weighted by Gasteiger charge is -2.14. The van der Waals surface area contributed by atoms with Gasteiger partial charge in [0.15, 0.2) is 5.16 Å². The van der Waals surface area contributed by atoms with Crippen LogP contribution in [0.15, 0.2) is 34.2 Å². The van der Waals surface area contributed by atoms with Gasteiger partial charge in [-0.15, -0.1) is 11.3 Å². The first-order valence-corrected chi connectivity index (χ1v) is 10.9. The molecule has 3 aromatic rings. The molecule has 1 aromatic carbocycles. The second-order valence-corrected chi connectivity index (χ2v) is 8.85. The van der Waals surface area contributed by atoms with E-state index in [2.05, 4.69) is 0 Å². The van der Waals surface area contributed by atoms with Crippen molar-refractivity contribution in [2.45, 2.75) is 43.9 Å². The first-order valence-electron chi connectivity index (χ1n) is 9.11. The Balaban J connectivity index is 1.93. The van der Waals surface area contributed by atoms with Gasteiger partial charge in [-0.05, 0) is 62.4 Å². The standard InChI is InChI=1S/C20H22N2O3S2/c1-12(23)11-26-20-21-18-17(15-5-3-4-6-16(15)27-18)19(24)22(20)13-7-9-14(25-2)10-8-13/h7-10,12,23H,3-6,11H2,1-2H3. The number of thioether (sulfide) groups is 1. The minimum absolute atomic E-state index is 0.0161. The molecule has 0 bridgehead atoms. The van der Waals surface area contributed by atoms with Gasteiger partial charge in [0, 0.05) is 10.6 Å². The average molecular weight is 403 g/mol. The molecule has 142 valence electrons. The molecule has 5 nitrogen and oxygen atoms in total. The summed E-state index contributed by atoms with van der Waals surface area (Å²) in [5.74, 6) is 1.23. The summed E-state index contributed by atoms with van der Waals surface area (Å²) in [7, 11) is 1.62. The van der Waals surface area contributed by atoms with E-state index in [9.17, 15) is 9.90 Å². The fourth-order valence-electron chi connectivity index (χ4n) is 3.44. The monoisotopic (exact) mass is 402 g/mol. The van der Waals surface area contributed by atoms with Crippen LogP contribution in [0.2, 0.25) is 0 Å². The van der Waals surface area contributed by atoms with E-state index in [1.54, 1.807) is 29.9 Å². The Morgan fingerprint density at radius 1 is 1.30 bits per heavy atom. The van der Waals surface area contributed by atoms with E-state index in [4.69, 9.17) is 9.72 Å². The molecule has 7 heteroatoms. The van der Waals surface area contributed by atoms with Crippen LogP contribution >= 0.6 is 23.1 Å². The predicted molar refractivity (Wildman–Crippen MR) is 111 cm³/mol. The van der Waals surface area contributed by atoms with Crippen LogP contribution in [-0.2, 0) is 12.8 Å². The van der Waals surface area contributed by atoms with Crippen molar-refractivity contribution in [3.05, 3.63) is 45.1 Å². The van der Waals surface area contributed by atoms with Crippen molar-refractivity contribution in [3.63, 3.8) is 0 Å². The zero-order valence-corrected chi connectivity index (χ0v) is 17.0. The first-order chi connectivity index (χ1) is 13.1. The number of ether oxygens (including phenoxy) is 1. The normalized spacial score (nSPS) is 14.9. The Morgan fingerprint density at radius 3 is 2.74 bits per heavy atom. The van der Waals surface area contributed by atoms with E-state index in [0.717, 1.165) is 40.9 Å². The molecule has 0 amide bonds. The summed E-state index contributed by atoms with van der Waals surface area (Å²) < 4.78 is 6.91. The van der Waals surface area contributed by atoms with Crippen molar-refractivity contribution >= 4 is 33.3 Å². The zero-order chi connectivity index (χ0) is 19.0. The van der Waals surface area contributed by atoms with Crippen LogP contribution in [0.1, 0.15) is 30.2 Å². The molecule has 1 unspecified atom stereocenters. The molecule has 27 heavy (non-hydrogen) atoms. The number of methoxy groups -OCH3 is 1. The highest BCUT2D eigenvalue weighted by Gasteiger charge is 2.23. The molecule has 1 N–H and O–H groups in total. The van der Waals surface area contributed by atoms with Gasteiger partial charge in [0.25, 0.3) is 5.56 Å². The lowest BCUT2D eigenvalue weighted by molar-refractivity contribution is 0.220. The number of hydrogen-bond donors (Lipinski definition) is 1. The molecule has 0 aliphatic heterocycles. The number of fused-ring (bicyclic) bond motifs is 3. The Kier molecular flexibility index (Phi) is 5.25. The number of nitrogens with zero attached hydrogens (tertiary/aromatic N) is 2. The minimum atomic E-state index is -0.469. The maximum absolute atomic E-state index is 13.5. The van der Waals surface area contributed by atoms with Gasteiger partial charge in [0.1, 0.15) is 10.6 Å². The van der Waals surface area contributed by atoms with Crippen LogP contribution in [0.25, 0.3) is 15.9 Å². The van der Waals surface area contributed by atoms with E-state index in [0.29, 0.717) is 10.9 Å². The zero-order valence-electron chi connectivity index (χ0n) is 15.4. The highest BCUT2D eigenvalue weighted by Crippen LogP contribution is 2.35. The van der Waals surface area contributed by atoms with Crippen molar-refractivity contribution in [1.82, 2.24) is 9.55 Å². The molecule has 1 aliphatic carbocycles. The third-order valence-electron chi connectivity index (χ3n) is 4.74. The van der Waals surface area contributed by atoms with Crippen molar-refractivity contribution < 1.29 is 9.84 Å². The van der Waals surface area contributed by atoms with Crippen LogP contribution in [0, 0.1) is 0 Å². The number of benzene rings is 1. The first kappa shape index (κ1) is 18.5. The lowest BCUT2D eigenvalue weighted by Crippen LogP contribution is -2.22. The average Bonchev–Trinajstić information content (AvgIpc) is 3.05. The number of aryl methyl sites for hydroxylation is 2. The molecule has 1 atom stereocenters. The van der Waals surface area contributed by atoms with Crippen LogP contribution in [0.4, 0.5) is 0 Å². The van der Waals surface area contributed by atoms with Crippen molar-refractivity contribution in [2.24, 2.45) is 0 Å². The number of thiophene rings is 1. The number of aliphatic hydroxyl groups excluding tert-OH is 1. The van der Waals surface area contributed by atoms with Crippen molar-refractivity contribution in [2.75, 3.05) is 12.9 Å². The van der Waals surface area contributed by atoms with Gasteiger partial charge in [-0.1, -0.05) is 11.8 Å². The van der Waals surface area contributed by atoms with E-state index in [-0.39, 0.29) is 5.56 Å². The quantitative estimate of drug-likeness (QED) is 0.519. The predicted octanol–water partition coefficient (Wildman–Crippen LogP) is 3.81. The van der Waals surface area contributed by atoms with Crippen LogP contribution in [0.3, 0.4) is 0 Å². The summed E-state index contributed by atoms with van der Waals surface area (Å²) in [6, 6.07) is 7.44. The second kappa shape index (κ2) is 7.66. The van der Waals surface area contributed by atoms with Crippen LogP contribution in [0.5, 0.6) is 5.75 Å². The SMILES string of the molecule is COc1ccc(-n2c(SCC(C)O)nc3sc4c(c3c2=O)CCCC4)cc1. The van der Waals surface area contributed by atoms with E-state index in [1.807, 2.05) is 24.3 Å². The topological polar surface area (TPSA) is 64.3 Å². The lowest BCUT2D eigenvalue weighted by atomic mass is 9.97. The summed E-state index contributed by atoms with van der Waals surface area (Å²) in [4.78, 5) is 20.5. The Morgan fingerprint density at radius 2 is 2.04 bits per heavy atom. The van der Waals surface area contributed by atoms with E-state index >= 15 is 0 Å². The maximum Gasteiger partial charge on any atom is 0.267 e. The van der Waals surface area contributed by atoms with Gasteiger partial charge in [-0.25, -0.2) is 4.98 Å². The van der Waals surface area contributed by atoms with Gasteiger partial charge in [0.2, 0.25) is 0 Å². The highest BCUT2D eigenvalue weighted by atomic mass is 32.2. The van der Waals surface area contributed by atoms with Gasteiger partial charge in [0.05, 0.1) is 24.3 Å². The number of aliphatic hydroxyl groups is 1. The second-order valence-electron chi connectivity index (χ2n) is 6.78. The largest absolute Gasteiger partial charge is 0.497 e. The van der Waals surface area contributed by atoms with Crippen LogP contribution in [-0.4, -0.2) is 33.6 Å². The van der Waals surface area contributed by atoms with E-state index < -0.39 is 6.10 Å². The molecule has 4 rings (SSSR count). The number of hydrogen-bond acceptors (Lipinski definition) is 6. The van der Waals surface area contributed by atoms with Crippen molar-refractivity contribution in [3.8, 4) is 11.4 Å². The summed E-state index contributed by atoms with van der Waals surface area (Å²) in [5, 5.41) is 11.1. The molecular weight excluding hydrogens is 380 g/mol. The maximum atomic E-state index is 13.5. The van der Waals surface area contributed by atoms with Gasteiger partial charge in [-0.3, -0.25) is 9.36 Å². The van der Waals surface area contributed by atoms with Crippen molar-refractivity contribution in [1.29, 1.82) is 0 Å². The van der Waals surface area contributed by atoms with Gasteiger partial charge < -0.3 is 9.84 Å². The summed E-state index contributed by atoms with van der Waals surface area (Å²) >= 11 is 3.06. The molecular formula is C20H22N2O3S2.